The van der Waals surface area contributed by atoms with Crippen molar-refractivity contribution in [3.05, 3.63) is 8.58 Å². The van der Waals surface area contributed by atoms with E-state index in [0.29, 0.717) is 0 Å². The molecular weight excluding hydrogens is 223 g/mol. The molecule has 0 aliphatic heterocycles. The Bertz CT molecular complexity index is 145. The number of halogens is 1. The van der Waals surface area contributed by atoms with Gasteiger partial charge < -0.3 is 0 Å². The molecule has 0 unspecified atom stereocenters. The molecule has 0 radical (unpaired) electrons. The number of rotatable bonds is 0. The predicted octanol–water partition coefficient (Wildman–Crippen LogP) is 1.45. The maximum atomic E-state index is 3.77. The lowest BCUT2D eigenvalue weighted by Crippen LogP contribution is -1.69. The van der Waals surface area contributed by atoms with Crippen LogP contribution in [0.15, 0.2) is 0 Å². The summed E-state index contributed by atoms with van der Waals surface area (Å²) in [7, 11) is 0. The Morgan fingerprint density at radius 2 is 2.43 bits per heavy atom. The maximum absolute atomic E-state index is 3.77. The van der Waals surface area contributed by atoms with Crippen LogP contribution >= 0.6 is 34.1 Å². The van der Waals surface area contributed by atoms with Crippen molar-refractivity contribution in [2.75, 3.05) is 0 Å². The van der Waals surface area contributed by atoms with Gasteiger partial charge in [0.15, 0.2) is 0 Å². The second kappa shape index (κ2) is 2.04. The van der Waals surface area contributed by atoms with E-state index in [1.165, 1.54) is 16.4 Å². The molecule has 0 spiro atoms. The number of nitrogens with zero attached hydrogens (tertiary/aromatic N) is 2. The van der Waals surface area contributed by atoms with Gasteiger partial charge in [-0.15, -0.1) is 5.10 Å². The zero-order chi connectivity index (χ0) is 5.28. The second-order valence-electron chi connectivity index (χ2n) is 1.12. The zero-order valence-electron chi connectivity index (χ0n) is 3.68. The van der Waals surface area contributed by atoms with E-state index in [-0.39, 0.29) is 0 Å². The largest absolute Gasteiger partial charge is 0.139 e. The molecule has 0 amide bonds. The van der Waals surface area contributed by atoms with E-state index >= 15 is 0 Å². The first-order valence-corrected chi connectivity index (χ1v) is 3.60. The molecule has 1 rings (SSSR count). The third-order valence-corrected chi connectivity index (χ3v) is 2.62. The van der Waals surface area contributed by atoms with Gasteiger partial charge in [-0.3, -0.25) is 0 Å². The van der Waals surface area contributed by atoms with Gasteiger partial charge in [0.1, 0.15) is 3.70 Å². The highest BCUT2D eigenvalue weighted by Crippen LogP contribution is 2.09. The van der Waals surface area contributed by atoms with Crippen LogP contribution in [-0.4, -0.2) is 9.59 Å². The molecule has 0 atom stereocenters. The summed E-state index contributed by atoms with van der Waals surface area (Å²) < 4.78 is 4.72. The summed E-state index contributed by atoms with van der Waals surface area (Å²) in [6, 6.07) is 0. The number of hydrogen-bond acceptors (Lipinski definition) is 3. The number of aromatic nitrogens is 2. The van der Waals surface area contributed by atoms with E-state index in [2.05, 4.69) is 32.2 Å². The second-order valence-corrected chi connectivity index (χ2v) is 3.10. The average Bonchev–Trinajstić information content (AvgIpc) is 1.91. The minimum Gasteiger partial charge on any atom is -0.132 e. The fourth-order valence-electron chi connectivity index (χ4n) is 0.226. The minimum atomic E-state index is 1.02. The van der Waals surface area contributed by atoms with E-state index < -0.39 is 0 Å². The van der Waals surface area contributed by atoms with Gasteiger partial charge in [-0.25, -0.2) is 0 Å². The van der Waals surface area contributed by atoms with Gasteiger partial charge >= 0.3 is 0 Å². The molecule has 0 saturated carbocycles. The summed E-state index contributed by atoms with van der Waals surface area (Å²) in [5, 5.41) is 3.77. The lowest BCUT2D eigenvalue weighted by atomic mass is 10.7. The molecule has 0 aromatic carbocycles. The number of hydrogen-bond donors (Lipinski definition) is 0. The quantitative estimate of drug-likeness (QED) is 0.625. The van der Waals surface area contributed by atoms with Crippen LogP contribution in [0.4, 0.5) is 0 Å². The molecule has 1 aromatic rings. The van der Waals surface area contributed by atoms with Crippen LogP contribution in [0.25, 0.3) is 0 Å². The SMILES string of the molecule is Cc1snnc1I. The summed E-state index contributed by atoms with van der Waals surface area (Å²) in [6.07, 6.45) is 0. The molecule has 0 fully saturated rings. The maximum Gasteiger partial charge on any atom is 0.139 e. The normalized spacial score (nSPS) is 9.43. The van der Waals surface area contributed by atoms with Crippen LogP contribution in [-0.2, 0) is 0 Å². The van der Waals surface area contributed by atoms with E-state index in [1.807, 2.05) is 6.92 Å². The van der Waals surface area contributed by atoms with Crippen molar-refractivity contribution in [1.82, 2.24) is 9.59 Å². The molecule has 7 heavy (non-hydrogen) atoms. The fourth-order valence-corrected chi connectivity index (χ4v) is 1.14. The van der Waals surface area contributed by atoms with Crippen molar-refractivity contribution in [3.8, 4) is 0 Å². The van der Waals surface area contributed by atoms with Gasteiger partial charge in [-0.2, -0.15) is 0 Å². The first kappa shape index (κ1) is 5.43. The molecular formula is C3H3IN2S. The molecule has 0 aliphatic rings. The van der Waals surface area contributed by atoms with E-state index in [9.17, 15) is 0 Å². The fraction of sp³-hybridized carbons (Fsp3) is 0.333. The third kappa shape index (κ3) is 1.09. The van der Waals surface area contributed by atoms with Crippen LogP contribution in [0.3, 0.4) is 0 Å². The molecule has 0 saturated heterocycles. The third-order valence-electron chi connectivity index (χ3n) is 0.597. The summed E-state index contributed by atoms with van der Waals surface area (Å²) in [4.78, 5) is 1.20. The lowest BCUT2D eigenvalue weighted by molar-refractivity contribution is 1.11. The molecule has 38 valence electrons. The molecule has 1 heterocycles. The van der Waals surface area contributed by atoms with Gasteiger partial charge in [-0.1, -0.05) is 4.49 Å². The Balaban J connectivity index is 3.12. The van der Waals surface area contributed by atoms with Gasteiger partial charge in [0, 0.05) is 0 Å². The van der Waals surface area contributed by atoms with Gasteiger partial charge in [0.05, 0.1) is 4.88 Å². The molecule has 4 heteroatoms. The van der Waals surface area contributed by atoms with Crippen molar-refractivity contribution >= 4 is 34.1 Å². The van der Waals surface area contributed by atoms with Gasteiger partial charge in [0.25, 0.3) is 0 Å². The highest BCUT2D eigenvalue weighted by atomic mass is 127. The lowest BCUT2D eigenvalue weighted by Gasteiger charge is -1.72. The molecule has 1 aromatic heterocycles. The number of aryl methyl sites for hydroxylation is 1. The Hall–Kier alpha value is 0.290. The minimum absolute atomic E-state index is 1.02. The first-order valence-electron chi connectivity index (χ1n) is 1.75. The van der Waals surface area contributed by atoms with Crippen LogP contribution in [0.5, 0.6) is 0 Å². The smallest absolute Gasteiger partial charge is 0.132 e. The summed E-state index contributed by atoms with van der Waals surface area (Å²) >= 11 is 3.59. The molecule has 0 aliphatic carbocycles. The summed E-state index contributed by atoms with van der Waals surface area (Å²) in [5.41, 5.74) is 0. The van der Waals surface area contributed by atoms with Crippen molar-refractivity contribution < 1.29 is 0 Å². The topological polar surface area (TPSA) is 25.8 Å². The van der Waals surface area contributed by atoms with Crippen LogP contribution in [0.2, 0.25) is 0 Å². The van der Waals surface area contributed by atoms with Crippen LogP contribution in [0, 0.1) is 10.6 Å². The van der Waals surface area contributed by atoms with Crippen molar-refractivity contribution in [3.63, 3.8) is 0 Å². The monoisotopic (exact) mass is 226 g/mol. The van der Waals surface area contributed by atoms with E-state index in [4.69, 9.17) is 0 Å². The van der Waals surface area contributed by atoms with Crippen molar-refractivity contribution in [2.45, 2.75) is 6.92 Å². The van der Waals surface area contributed by atoms with Crippen molar-refractivity contribution in [2.24, 2.45) is 0 Å². The Kier molecular flexibility index (Phi) is 1.58. The van der Waals surface area contributed by atoms with Crippen molar-refractivity contribution in [1.29, 1.82) is 0 Å². The van der Waals surface area contributed by atoms with E-state index in [1.54, 1.807) is 0 Å². The standard InChI is InChI=1S/C3H3IN2S/c1-2-3(4)5-6-7-2/h1H3. The van der Waals surface area contributed by atoms with Crippen LogP contribution < -0.4 is 0 Å². The average molecular weight is 226 g/mol. The predicted molar refractivity (Wildman–Crippen MR) is 37.4 cm³/mol. The molecule has 2 nitrogen and oxygen atoms in total. The highest BCUT2D eigenvalue weighted by molar-refractivity contribution is 14.1. The van der Waals surface area contributed by atoms with E-state index in [0.717, 1.165) is 3.70 Å². The Morgan fingerprint density at radius 3 is 2.57 bits per heavy atom. The van der Waals surface area contributed by atoms with Crippen LogP contribution in [0.1, 0.15) is 4.88 Å². The Morgan fingerprint density at radius 1 is 1.71 bits per heavy atom. The molecule has 0 bridgehead atoms. The highest BCUT2D eigenvalue weighted by Gasteiger charge is 1.93. The molecule has 0 N–H and O–H groups in total. The Labute approximate surface area is 59.2 Å². The zero-order valence-corrected chi connectivity index (χ0v) is 6.65. The van der Waals surface area contributed by atoms with Gasteiger partial charge in [-0.05, 0) is 41.0 Å². The summed E-state index contributed by atoms with van der Waals surface area (Å²) in [5.74, 6) is 0. The van der Waals surface area contributed by atoms with Gasteiger partial charge in [0.2, 0.25) is 0 Å². The summed E-state index contributed by atoms with van der Waals surface area (Å²) in [6.45, 7) is 2.01. The first-order chi connectivity index (χ1) is 3.30.